The molecule has 7 heteroatoms. The third-order valence-corrected chi connectivity index (χ3v) is 1.71. The van der Waals surface area contributed by atoms with Gasteiger partial charge in [0.15, 0.2) is 0 Å². The Morgan fingerprint density at radius 3 is 2.91 bits per heavy atom. The van der Waals surface area contributed by atoms with E-state index in [1.165, 1.54) is 28.9 Å². The van der Waals surface area contributed by atoms with Crippen LogP contribution in [0.25, 0.3) is 5.13 Å². The lowest BCUT2D eigenvalue weighted by Gasteiger charge is -1.87. The van der Waals surface area contributed by atoms with Crippen LogP contribution in [0.2, 0.25) is 0 Å². The van der Waals surface area contributed by atoms with Crippen molar-refractivity contribution in [3.8, 4) is 5.13 Å². The molecule has 2 aromatic heterocycles. The van der Waals surface area contributed by atoms with Crippen LogP contribution in [0, 0.1) is 0 Å². The van der Waals surface area contributed by atoms with Crippen molar-refractivity contribution < 1.29 is 0 Å². The van der Waals surface area contributed by atoms with Crippen molar-refractivity contribution in [1.82, 2.24) is 24.1 Å². The van der Waals surface area contributed by atoms with Gasteiger partial charge in [-0.3, -0.25) is 0 Å². The van der Waals surface area contributed by atoms with Crippen molar-refractivity contribution in [2.24, 2.45) is 0 Å². The van der Waals surface area contributed by atoms with Crippen LogP contribution >= 0.6 is 11.5 Å². The Labute approximate surface area is 65.9 Å². The SMILES string of the molecule is Nc1ncn(-c2ncns2)n1. The van der Waals surface area contributed by atoms with Gasteiger partial charge in [-0.2, -0.15) is 9.06 Å². The van der Waals surface area contributed by atoms with Gasteiger partial charge in [-0.05, 0) is 0 Å². The average molecular weight is 168 g/mol. The molecule has 0 saturated heterocycles. The molecule has 0 aliphatic carbocycles. The number of hydrogen-bond acceptors (Lipinski definition) is 6. The molecule has 6 nitrogen and oxygen atoms in total. The minimum absolute atomic E-state index is 0.236. The first-order valence-electron chi connectivity index (χ1n) is 2.80. The lowest BCUT2D eigenvalue weighted by atomic mass is 11.1. The molecule has 0 radical (unpaired) electrons. The first kappa shape index (κ1) is 6.23. The predicted molar refractivity (Wildman–Crippen MR) is 39.2 cm³/mol. The summed E-state index contributed by atoms with van der Waals surface area (Å²) in [6.45, 7) is 0. The molecule has 11 heavy (non-hydrogen) atoms. The summed E-state index contributed by atoms with van der Waals surface area (Å²) in [4.78, 5) is 7.65. The van der Waals surface area contributed by atoms with Crippen molar-refractivity contribution >= 4 is 17.5 Å². The number of rotatable bonds is 1. The molecule has 0 aromatic carbocycles. The van der Waals surface area contributed by atoms with Crippen molar-refractivity contribution in [2.45, 2.75) is 0 Å². The number of anilines is 1. The van der Waals surface area contributed by atoms with Gasteiger partial charge in [-0.25, -0.2) is 9.97 Å². The molecule has 0 amide bonds. The molecule has 2 aromatic rings. The fourth-order valence-electron chi connectivity index (χ4n) is 0.636. The van der Waals surface area contributed by atoms with E-state index in [0.717, 1.165) is 0 Å². The Bertz CT molecular complexity index is 337. The van der Waals surface area contributed by atoms with E-state index in [-0.39, 0.29) is 5.95 Å². The number of nitrogens with two attached hydrogens (primary N) is 1. The van der Waals surface area contributed by atoms with Crippen LogP contribution in [0.1, 0.15) is 0 Å². The van der Waals surface area contributed by atoms with E-state index in [9.17, 15) is 0 Å². The van der Waals surface area contributed by atoms with E-state index < -0.39 is 0 Å². The summed E-state index contributed by atoms with van der Waals surface area (Å²) >= 11 is 1.23. The standard InChI is InChI=1S/C4H4N6S/c5-3-7-2-10(9-3)4-6-1-8-11-4/h1-2H,(H2,5,9). The summed E-state index contributed by atoms with van der Waals surface area (Å²) in [6, 6.07) is 0. The van der Waals surface area contributed by atoms with Crippen LogP contribution in [0.5, 0.6) is 0 Å². The first-order chi connectivity index (χ1) is 5.36. The molecular weight excluding hydrogens is 164 g/mol. The molecule has 0 fully saturated rings. The Kier molecular flexibility index (Phi) is 1.29. The fourth-order valence-corrected chi connectivity index (χ4v) is 1.09. The summed E-state index contributed by atoms with van der Waals surface area (Å²) in [7, 11) is 0. The number of nitrogens with zero attached hydrogens (tertiary/aromatic N) is 5. The highest BCUT2D eigenvalue weighted by Crippen LogP contribution is 2.05. The molecule has 0 saturated carbocycles. The number of nitrogen functional groups attached to an aromatic ring is 1. The quantitative estimate of drug-likeness (QED) is 0.632. The van der Waals surface area contributed by atoms with Crippen LogP contribution in [0.4, 0.5) is 5.95 Å². The van der Waals surface area contributed by atoms with Crippen LogP contribution < -0.4 is 5.73 Å². The Hall–Kier alpha value is -1.50. The molecule has 0 unspecified atom stereocenters. The second kappa shape index (κ2) is 2.27. The highest BCUT2D eigenvalue weighted by Gasteiger charge is 2.00. The molecule has 0 aliphatic heterocycles. The topological polar surface area (TPSA) is 82.5 Å². The normalized spacial score (nSPS) is 10.2. The van der Waals surface area contributed by atoms with Crippen molar-refractivity contribution in [3.05, 3.63) is 12.7 Å². The van der Waals surface area contributed by atoms with Crippen LogP contribution in [-0.4, -0.2) is 24.1 Å². The van der Waals surface area contributed by atoms with E-state index in [1.807, 2.05) is 0 Å². The minimum Gasteiger partial charge on any atom is -0.366 e. The van der Waals surface area contributed by atoms with Gasteiger partial charge in [0.05, 0.1) is 0 Å². The molecule has 0 spiro atoms. The summed E-state index contributed by atoms with van der Waals surface area (Å²) in [5.41, 5.74) is 5.30. The van der Waals surface area contributed by atoms with Crippen molar-refractivity contribution in [2.75, 3.05) is 5.73 Å². The minimum atomic E-state index is 0.236. The maximum atomic E-state index is 5.30. The molecule has 56 valence electrons. The smallest absolute Gasteiger partial charge is 0.239 e. The van der Waals surface area contributed by atoms with E-state index in [2.05, 4.69) is 19.4 Å². The van der Waals surface area contributed by atoms with Gasteiger partial charge in [-0.15, -0.1) is 5.10 Å². The summed E-state index contributed by atoms with van der Waals surface area (Å²) in [6.07, 6.45) is 2.95. The van der Waals surface area contributed by atoms with E-state index in [4.69, 9.17) is 5.73 Å². The Morgan fingerprint density at radius 2 is 2.36 bits per heavy atom. The summed E-state index contributed by atoms with van der Waals surface area (Å²) in [5, 5.41) is 4.51. The molecule has 2 rings (SSSR count). The third-order valence-electron chi connectivity index (χ3n) is 1.06. The second-order valence-electron chi connectivity index (χ2n) is 1.77. The van der Waals surface area contributed by atoms with Crippen LogP contribution in [0.3, 0.4) is 0 Å². The average Bonchev–Trinajstić information content (AvgIpc) is 2.55. The molecule has 2 N–H and O–H groups in total. The van der Waals surface area contributed by atoms with Crippen molar-refractivity contribution in [3.63, 3.8) is 0 Å². The van der Waals surface area contributed by atoms with Gasteiger partial charge < -0.3 is 5.73 Å². The van der Waals surface area contributed by atoms with Gasteiger partial charge in [0.1, 0.15) is 12.7 Å². The number of aromatic nitrogens is 5. The molecule has 0 bridgehead atoms. The zero-order valence-corrected chi connectivity index (χ0v) is 6.19. The van der Waals surface area contributed by atoms with Gasteiger partial charge in [0.2, 0.25) is 11.1 Å². The predicted octanol–water partition coefficient (Wildman–Crippen LogP) is -0.299. The van der Waals surface area contributed by atoms with Gasteiger partial charge in [0.25, 0.3) is 0 Å². The lowest BCUT2D eigenvalue weighted by Crippen LogP contribution is -1.94. The highest BCUT2D eigenvalue weighted by molar-refractivity contribution is 7.07. The van der Waals surface area contributed by atoms with Crippen molar-refractivity contribution in [1.29, 1.82) is 0 Å². The van der Waals surface area contributed by atoms with E-state index in [0.29, 0.717) is 5.13 Å². The van der Waals surface area contributed by atoms with E-state index >= 15 is 0 Å². The maximum absolute atomic E-state index is 5.30. The molecule has 0 atom stereocenters. The first-order valence-corrected chi connectivity index (χ1v) is 3.58. The van der Waals surface area contributed by atoms with Crippen LogP contribution in [-0.2, 0) is 0 Å². The van der Waals surface area contributed by atoms with E-state index in [1.54, 1.807) is 0 Å². The highest BCUT2D eigenvalue weighted by atomic mass is 32.1. The third kappa shape index (κ3) is 1.05. The molecular formula is C4H4N6S. The Balaban J connectivity index is 2.45. The fraction of sp³-hybridized carbons (Fsp3) is 0. The van der Waals surface area contributed by atoms with Crippen LogP contribution in [0.15, 0.2) is 12.7 Å². The van der Waals surface area contributed by atoms with Gasteiger partial charge >= 0.3 is 0 Å². The monoisotopic (exact) mass is 168 g/mol. The maximum Gasteiger partial charge on any atom is 0.239 e. The lowest BCUT2D eigenvalue weighted by molar-refractivity contribution is 0.871. The summed E-state index contributed by atoms with van der Waals surface area (Å²) in [5.74, 6) is 0.236. The number of hydrogen-bond donors (Lipinski definition) is 1. The van der Waals surface area contributed by atoms with Gasteiger partial charge in [0, 0.05) is 11.5 Å². The largest absolute Gasteiger partial charge is 0.366 e. The second-order valence-corrected chi connectivity index (χ2v) is 2.53. The zero-order chi connectivity index (χ0) is 7.68. The zero-order valence-electron chi connectivity index (χ0n) is 5.38. The Morgan fingerprint density at radius 1 is 1.45 bits per heavy atom. The summed E-state index contributed by atoms with van der Waals surface area (Å²) < 4.78 is 5.29. The molecule has 2 heterocycles. The van der Waals surface area contributed by atoms with Gasteiger partial charge in [-0.1, -0.05) is 0 Å². The molecule has 0 aliphatic rings.